The second-order valence-electron chi connectivity index (χ2n) is 4.97. The summed E-state index contributed by atoms with van der Waals surface area (Å²) in [7, 11) is 0. The minimum atomic E-state index is -4.49. The second kappa shape index (κ2) is 4.23. The van der Waals surface area contributed by atoms with Crippen molar-refractivity contribution >= 4 is 6.08 Å². The van der Waals surface area contributed by atoms with E-state index in [2.05, 4.69) is 10.3 Å². The van der Waals surface area contributed by atoms with Gasteiger partial charge >= 0.3 is 6.18 Å². The van der Waals surface area contributed by atoms with Gasteiger partial charge in [0.05, 0.1) is 5.56 Å². The van der Waals surface area contributed by atoms with Gasteiger partial charge < -0.3 is 10.3 Å². The first-order chi connectivity index (χ1) is 8.95. The van der Waals surface area contributed by atoms with Gasteiger partial charge in [-0.3, -0.25) is 4.79 Å². The number of aromatic amines is 1. The minimum Gasteiger partial charge on any atom is -0.322 e. The Hall–Kier alpha value is -1.56. The molecule has 2 heterocycles. The fourth-order valence-electron chi connectivity index (χ4n) is 2.84. The maximum absolute atomic E-state index is 13.0. The van der Waals surface area contributed by atoms with Crippen LogP contribution in [-0.4, -0.2) is 17.6 Å². The number of H-pyrrole nitrogens is 1. The standard InChI is InChI=1S/C13H13F3N2O/c14-13(15,16)9-6-12(19)18-11-4-7-2-1-3-17-10(7)5-8(9)11/h4,6,10,17H,1-3,5H2,(H,18,19). The third kappa shape index (κ3) is 2.20. The average molecular weight is 270 g/mol. The molecular formula is C13H13F3N2O. The SMILES string of the molecule is O=c1cc(C(F)(F)F)c2c([nH]1)C=C1CCCNC1C2. The molecule has 1 unspecified atom stereocenters. The minimum absolute atomic E-state index is 0.0340. The predicted octanol–water partition coefficient (Wildman–Crippen LogP) is 2.09. The summed E-state index contributed by atoms with van der Waals surface area (Å²) in [5.41, 5.74) is 0.0674. The highest BCUT2D eigenvalue weighted by molar-refractivity contribution is 5.60. The number of aromatic nitrogens is 1. The summed E-state index contributed by atoms with van der Waals surface area (Å²) in [6, 6.07) is 0.619. The number of pyridine rings is 1. The number of fused-ring (bicyclic) bond motifs is 2. The highest BCUT2D eigenvalue weighted by Crippen LogP contribution is 2.36. The summed E-state index contributed by atoms with van der Waals surface area (Å²) >= 11 is 0. The zero-order chi connectivity index (χ0) is 13.6. The summed E-state index contributed by atoms with van der Waals surface area (Å²) in [4.78, 5) is 13.9. The molecule has 0 bridgehead atoms. The lowest BCUT2D eigenvalue weighted by Crippen LogP contribution is -2.40. The quantitative estimate of drug-likeness (QED) is 0.758. The Balaban J connectivity index is 2.16. The largest absolute Gasteiger partial charge is 0.416 e. The zero-order valence-electron chi connectivity index (χ0n) is 10.1. The highest BCUT2D eigenvalue weighted by atomic mass is 19.4. The van der Waals surface area contributed by atoms with E-state index in [1.54, 1.807) is 6.08 Å². The van der Waals surface area contributed by atoms with Gasteiger partial charge in [-0.1, -0.05) is 5.57 Å². The van der Waals surface area contributed by atoms with Crippen LogP contribution in [0.15, 0.2) is 16.4 Å². The Morgan fingerprint density at radius 2 is 2.11 bits per heavy atom. The molecule has 19 heavy (non-hydrogen) atoms. The fourth-order valence-corrected chi connectivity index (χ4v) is 2.84. The van der Waals surface area contributed by atoms with Crippen LogP contribution < -0.4 is 10.9 Å². The van der Waals surface area contributed by atoms with Crippen molar-refractivity contribution in [3.63, 3.8) is 0 Å². The van der Waals surface area contributed by atoms with Gasteiger partial charge in [-0.25, -0.2) is 0 Å². The zero-order valence-corrected chi connectivity index (χ0v) is 10.1. The maximum Gasteiger partial charge on any atom is 0.416 e. The number of halogens is 3. The molecule has 0 saturated carbocycles. The molecular weight excluding hydrogens is 257 g/mol. The summed E-state index contributed by atoms with van der Waals surface area (Å²) in [5.74, 6) is 0. The summed E-state index contributed by atoms with van der Waals surface area (Å²) < 4.78 is 39.0. The second-order valence-corrected chi connectivity index (χ2v) is 4.97. The highest BCUT2D eigenvalue weighted by Gasteiger charge is 2.37. The molecule has 2 aliphatic rings. The first-order valence-electron chi connectivity index (χ1n) is 6.22. The monoisotopic (exact) mass is 270 g/mol. The normalized spacial score (nSPS) is 22.5. The van der Waals surface area contributed by atoms with Crippen molar-refractivity contribution in [3.05, 3.63) is 38.8 Å². The molecule has 0 amide bonds. The van der Waals surface area contributed by atoms with Crippen molar-refractivity contribution in [3.8, 4) is 0 Å². The van der Waals surface area contributed by atoms with Gasteiger partial charge in [0.2, 0.25) is 5.56 Å². The molecule has 1 aromatic rings. The van der Waals surface area contributed by atoms with E-state index in [0.717, 1.165) is 25.0 Å². The Labute approximate surface area is 107 Å². The van der Waals surface area contributed by atoms with Crippen LogP contribution in [0.1, 0.15) is 29.7 Å². The topological polar surface area (TPSA) is 44.9 Å². The molecule has 2 N–H and O–H groups in total. The molecule has 0 spiro atoms. The van der Waals surface area contributed by atoms with Crippen LogP contribution in [0, 0.1) is 0 Å². The molecule has 102 valence electrons. The fraction of sp³-hybridized carbons (Fsp3) is 0.462. The Morgan fingerprint density at radius 1 is 1.32 bits per heavy atom. The third-order valence-corrected chi connectivity index (χ3v) is 3.71. The third-order valence-electron chi connectivity index (χ3n) is 3.71. The number of rotatable bonds is 0. The van der Waals surface area contributed by atoms with Gasteiger partial charge in [-0.15, -0.1) is 0 Å². The van der Waals surface area contributed by atoms with Crippen molar-refractivity contribution in [1.29, 1.82) is 0 Å². The van der Waals surface area contributed by atoms with Gasteiger partial charge in [-0.05, 0) is 37.4 Å². The first-order valence-corrected chi connectivity index (χ1v) is 6.22. The van der Waals surface area contributed by atoms with E-state index < -0.39 is 17.3 Å². The van der Waals surface area contributed by atoms with E-state index in [0.29, 0.717) is 11.8 Å². The van der Waals surface area contributed by atoms with Crippen LogP contribution in [0.25, 0.3) is 6.08 Å². The van der Waals surface area contributed by atoms with E-state index in [9.17, 15) is 18.0 Å². The molecule has 3 rings (SSSR count). The number of nitrogens with one attached hydrogen (secondary N) is 2. The van der Waals surface area contributed by atoms with Gasteiger partial charge in [0, 0.05) is 17.8 Å². The molecule has 3 nitrogen and oxygen atoms in total. The number of hydrogen-bond donors (Lipinski definition) is 2. The van der Waals surface area contributed by atoms with Crippen LogP contribution in [0.4, 0.5) is 13.2 Å². The van der Waals surface area contributed by atoms with E-state index in [4.69, 9.17) is 0 Å². The molecule has 1 atom stereocenters. The molecule has 6 heteroatoms. The van der Waals surface area contributed by atoms with Crippen LogP contribution >= 0.6 is 0 Å². The Kier molecular flexibility index (Phi) is 2.78. The van der Waals surface area contributed by atoms with Gasteiger partial charge in [0.25, 0.3) is 0 Å². The van der Waals surface area contributed by atoms with Crippen molar-refractivity contribution in [2.45, 2.75) is 31.5 Å². The van der Waals surface area contributed by atoms with Crippen molar-refractivity contribution in [1.82, 2.24) is 10.3 Å². The van der Waals surface area contributed by atoms with Crippen molar-refractivity contribution in [2.24, 2.45) is 0 Å². The van der Waals surface area contributed by atoms with Crippen molar-refractivity contribution in [2.75, 3.05) is 6.54 Å². The van der Waals surface area contributed by atoms with Crippen LogP contribution in [0.5, 0.6) is 0 Å². The molecule has 1 aliphatic carbocycles. The molecule has 0 radical (unpaired) electrons. The molecule has 1 fully saturated rings. The average Bonchev–Trinajstić information content (AvgIpc) is 2.34. The van der Waals surface area contributed by atoms with E-state index in [-0.39, 0.29) is 18.0 Å². The van der Waals surface area contributed by atoms with Gasteiger partial charge in [0.15, 0.2) is 0 Å². The molecule has 0 aromatic carbocycles. The first kappa shape index (κ1) is 12.5. The van der Waals surface area contributed by atoms with Crippen LogP contribution in [-0.2, 0) is 12.6 Å². The predicted molar refractivity (Wildman–Crippen MR) is 64.8 cm³/mol. The Bertz CT molecular complexity index is 601. The summed E-state index contributed by atoms with van der Waals surface area (Å²) in [6.07, 6.45) is -0.659. The van der Waals surface area contributed by atoms with E-state index in [1.807, 2.05) is 0 Å². The lowest BCUT2D eigenvalue weighted by Gasteiger charge is -2.32. The maximum atomic E-state index is 13.0. The van der Waals surface area contributed by atoms with E-state index >= 15 is 0 Å². The van der Waals surface area contributed by atoms with Crippen LogP contribution in [0.2, 0.25) is 0 Å². The Morgan fingerprint density at radius 3 is 2.84 bits per heavy atom. The van der Waals surface area contributed by atoms with Gasteiger partial charge in [0.1, 0.15) is 0 Å². The van der Waals surface area contributed by atoms with Crippen LogP contribution in [0.3, 0.4) is 0 Å². The molecule has 1 saturated heterocycles. The molecule has 1 aromatic heterocycles. The number of hydrogen-bond acceptors (Lipinski definition) is 2. The molecule has 1 aliphatic heterocycles. The lowest BCUT2D eigenvalue weighted by atomic mass is 9.84. The summed E-state index contributed by atoms with van der Waals surface area (Å²) in [5, 5.41) is 3.23. The van der Waals surface area contributed by atoms with Gasteiger partial charge in [-0.2, -0.15) is 13.2 Å². The van der Waals surface area contributed by atoms with Crippen molar-refractivity contribution < 1.29 is 13.2 Å². The van der Waals surface area contributed by atoms with E-state index in [1.165, 1.54) is 0 Å². The lowest BCUT2D eigenvalue weighted by molar-refractivity contribution is -0.138. The number of alkyl halides is 3. The smallest absolute Gasteiger partial charge is 0.322 e. The summed E-state index contributed by atoms with van der Waals surface area (Å²) in [6.45, 7) is 0.821. The number of piperidine rings is 1.